The van der Waals surface area contributed by atoms with Gasteiger partial charge in [0.2, 0.25) is 0 Å². The van der Waals surface area contributed by atoms with Crippen molar-refractivity contribution in [3.05, 3.63) is 69.2 Å². The molecule has 7 nitrogen and oxygen atoms in total. The lowest BCUT2D eigenvalue weighted by atomic mass is 10.0. The van der Waals surface area contributed by atoms with Crippen molar-refractivity contribution in [3.8, 4) is 5.75 Å². The van der Waals surface area contributed by atoms with Gasteiger partial charge in [0, 0.05) is 29.1 Å². The van der Waals surface area contributed by atoms with E-state index in [1.165, 1.54) is 35.5 Å². The number of thiazole rings is 1. The van der Waals surface area contributed by atoms with E-state index in [1.807, 2.05) is 0 Å². The van der Waals surface area contributed by atoms with Crippen molar-refractivity contribution >= 4 is 33.0 Å². The molecule has 33 heavy (non-hydrogen) atoms. The van der Waals surface area contributed by atoms with Crippen LogP contribution in [0, 0.1) is 6.92 Å². The normalized spacial score (nSPS) is 13.3. The Labute approximate surface area is 198 Å². The number of nitrogens with one attached hydrogen (secondary N) is 2. The number of hydrogen-bond donors (Lipinski definition) is 2. The Morgan fingerprint density at radius 1 is 1.12 bits per heavy atom. The fraction of sp³-hybridized carbons (Fsp3) is 0.333. The lowest BCUT2D eigenvalue weighted by Crippen LogP contribution is -2.26. The van der Waals surface area contributed by atoms with E-state index < -0.39 is 10.0 Å². The number of hydrogen-bond acceptors (Lipinski definition) is 6. The van der Waals surface area contributed by atoms with Gasteiger partial charge in [-0.3, -0.25) is 9.52 Å². The van der Waals surface area contributed by atoms with Crippen LogP contribution in [0.2, 0.25) is 0 Å². The third-order valence-corrected chi connectivity index (χ3v) is 8.22. The summed E-state index contributed by atoms with van der Waals surface area (Å²) in [6, 6.07) is 11.1. The Morgan fingerprint density at radius 2 is 1.88 bits per heavy atom. The molecule has 2 aromatic carbocycles. The predicted molar refractivity (Wildman–Crippen MR) is 130 cm³/mol. The highest BCUT2D eigenvalue weighted by Gasteiger charge is 2.19. The number of methoxy groups -OCH3 is 1. The maximum Gasteiger partial charge on any atom is 0.261 e. The van der Waals surface area contributed by atoms with Gasteiger partial charge in [-0.15, -0.1) is 11.3 Å². The van der Waals surface area contributed by atoms with E-state index in [1.54, 1.807) is 55.7 Å². The average Bonchev–Trinajstić information content (AvgIpc) is 3.22. The Bertz CT molecular complexity index is 1230. The number of nitrogens with zero attached hydrogens (tertiary/aromatic N) is 1. The van der Waals surface area contributed by atoms with Crippen LogP contribution >= 0.6 is 11.3 Å². The molecule has 0 atom stereocenters. The molecule has 1 aliphatic rings. The highest BCUT2D eigenvalue weighted by molar-refractivity contribution is 7.92. The van der Waals surface area contributed by atoms with Gasteiger partial charge in [-0.25, -0.2) is 13.4 Å². The van der Waals surface area contributed by atoms with Crippen LogP contribution in [0.15, 0.2) is 47.4 Å². The first kappa shape index (κ1) is 23.3. The van der Waals surface area contributed by atoms with Crippen LogP contribution in [-0.4, -0.2) is 33.0 Å². The molecule has 2 N–H and O–H groups in total. The minimum absolute atomic E-state index is 0.0293. The second-order valence-electron chi connectivity index (χ2n) is 8.00. The van der Waals surface area contributed by atoms with Crippen LogP contribution in [-0.2, 0) is 29.3 Å². The summed E-state index contributed by atoms with van der Waals surface area (Å²) in [5.41, 5.74) is 2.67. The third kappa shape index (κ3) is 5.54. The summed E-state index contributed by atoms with van der Waals surface area (Å²) < 4.78 is 33.3. The summed E-state index contributed by atoms with van der Waals surface area (Å²) in [6.07, 6.45) is 5.23. The molecular weight excluding hydrogens is 458 g/mol. The van der Waals surface area contributed by atoms with Gasteiger partial charge in [0.15, 0.2) is 0 Å². The SMILES string of the molecule is COc1ccc(NS(=O)(=O)c2ccc(C)c(C(=O)NCCc3nc4c(s3)CCCC4)c2)cc1. The smallest absolute Gasteiger partial charge is 0.261 e. The quantitative estimate of drug-likeness (QED) is 0.500. The van der Waals surface area contributed by atoms with Crippen molar-refractivity contribution < 1.29 is 17.9 Å². The summed E-state index contributed by atoms with van der Waals surface area (Å²) in [4.78, 5) is 18.9. The number of aromatic nitrogens is 1. The minimum atomic E-state index is -3.85. The fourth-order valence-electron chi connectivity index (χ4n) is 3.78. The number of rotatable bonds is 8. The molecular formula is C24H27N3O4S2. The van der Waals surface area contributed by atoms with Gasteiger partial charge >= 0.3 is 0 Å². The number of ether oxygens (including phenoxy) is 1. The fourth-order valence-corrected chi connectivity index (χ4v) is 6.02. The first-order valence-corrected chi connectivity index (χ1v) is 13.2. The predicted octanol–water partition coefficient (Wildman–Crippen LogP) is 4.11. The molecule has 0 saturated heterocycles. The van der Waals surface area contributed by atoms with Crippen LogP contribution in [0.3, 0.4) is 0 Å². The first-order chi connectivity index (χ1) is 15.9. The highest BCUT2D eigenvalue weighted by atomic mass is 32.2. The van der Waals surface area contributed by atoms with Crippen molar-refractivity contribution in [2.24, 2.45) is 0 Å². The molecule has 0 saturated carbocycles. The molecule has 1 aliphatic carbocycles. The van der Waals surface area contributed by atoms with Crippen LogP contribution < -0.4 is 14.8 Å². The van der Waals surface area contributed by atoms with E-state index in [9.17, 15) is 13.2 Å². The molecule has 3 aromatic rings. The maximum absolute atomic E-state index is 12.9. The summed E-state index contributed by atoms with van der Waals surface area (Å²) in [5.74, 6) is 0.334. The minimum Gasteiger partial charge on any atom is -0.497 e. The topological polar surface area (TPSA) is 97.4 Å². The summed E-state index contributed by atoms with van der Waals surface area (Å²) in [7, 11) is -2.31. The van der Waals surface area contributed by atoms with E-state index in [-0.39, 0.29) is 10.8 Å². The van der Waals surface area contributed by atoms with E-state index in [2.05, 4.69) is 10.0 Å². The summed E-state index contributed by atoms with van der Waals surface area (Å²) >= 11 is 1.74. The van der Waals surface area contributed by atoms with Gasteiger partial charge < -0.3 is 10.1 Å². The number of fused-ring (bicyclic) bond motifs is 1. The maximum atomic E-state index is 12.9. The van der Waals surface area contributed by atoms with Gasteiger partial charge in [0.25, 0.3) is 15.9 Å². The Hall–Kier alpha value is -2.91. The van der Waals surface area contributed by atoms with Gasteiger partial charge in [-0.2, -0.15) is 0 Å². The van der Waals surface area contributed by atoms with Crippen LogP contribution in [0.5, 0.6) is 5.75 Å². The largest absolute Gasteiger partial charge is 0.497 e. The van der Waals surface area contributed by atoms with Crippen molar-refractivity contribution in [1.29, 1.82) is 0 Å². The van der Waals surface area contributed by atoms with Gasteiger partial charge in [-0.1, -0.05) is 6.07 Å². The van der Waals surface area contributed by atoms with E-state index >= 15 is 0 Å². The Balaban J connectivity index is 1.42. The van der Waals surface area contributed by atoms with Crippen molar-refractivity contribution in [2.75, 3.05) is 18.4 Å². The molecule has 0 fully saturated rings. The molecule has 0 radical (unpaired) electrons. The molecule has 9 heteroatoms. The van der Waals surface area contributed by atoms with Gasteiger partial charge in [-0.05, 0) is 74.6 Å². The molecule has 0 aliphatic heterocycles. The van der Waals surface area contributed by atoms with Gasteiger partial charge in [0.1, 0.15) is 5.75 Å². The number of carbonyl (C=O) groups excluding carboxylic acids is 1. The van der Waals surface area contributed by atoms with Crippen molar-refractivity contribution in [3.63, 3.8) is 0 Å². The molecule has 174 valence electrons. The molecule has 0 unspecified atom stereocenters. The highest BCUT2D eigenvalue weighted by Crippen LogP contribution is 2.27. The molecule has 0 spiro atoms. The molecule has 4 rings (SSSR count). The van der Waals surface area contributed by atoms with E-state index in [0.717, 1.165) is 17.8 Å². The molecule has 1 heterocycles. The number of amides is 1. The number of carbonyl (C=O) groups is 1. The zero-order valence-electron chi connectivity index (χ0n) is 18.7. The van der Waals surface area contributed by atoms with Crippen LogP contribution in [0.25, 0.3) is 0 Å². The van der Waals surface area contributed by atoms with E-state index in [4.69, 9.17) is 9.72 Å². The standard InChI is InChI=1S/C24H27N3O4S2/c1-16-7-12-19(33(29,30)27-17-8-10-18(31-2)11-9-17)15-20(16)24(28)25-14-13-23-26-21-5-3-4-6-22(21)32-23/h7-12,15,27H,3-6,13-14H2,1-2H3,(H,25,28). The number of aryl methyl sites for hydroxylation is 3. The average molecular weight is 486 g/mol. The number of anilines is 1. The molecule has 1 amide bonds. The zero-order chi connectivity index (χ0) is 23.4. The molecule has 0 bridgehead atoms. The summed E-state index contributed by atoms with van der Waals surface area (Å²) in [5, 5.41) is 3.95. The van der Waals surface area contributed by atoms with Crippen molar-refractivity contribution in [2.45, 2.75) is 43.9 Å². The lowest BCUT2D eigenvalue weighted by Gasteiger charge is -2.12. The summed E-state index contributed by atoms with van der Waals surface area (Å²) in [6.45, 7) is 2.24. The first-order valence-electron chi connectivity index (χ1n) is 10.9. The lowest BCUT2D eigenvalue weighted by molar-refractivity contribution is 0.0953. The Morgan fingerprint density at radius 3 is 2.61 bits per heavy atom. The molecule has 1 aromatic heterocycles. The zero-order valence-corrected chi connectivity index (χ0v) is 20.3. The number of benzene rings is 2. The second-order valence-corrected chi connectivity index (χ2v) is 10.9. The number of sulfonamides is 1. The van der Waals surface area contributed by atoms with E-state index in [0.29, 0.717) is 35.5 Å². The van der Waals surface area contributed by atoms with Crippen LogP contribution in [0.1, 0.15) is 44.3 Å². The van der Waals surface area contributed by atoms with Crippen molar-refractivity contribution in [1.82, 2.24) is 10.3 Å². The third-order valence-electron chi connectivity index (χ3n) is 5.62. The second kappa shape index (κ2) is 9.93. The van der Waals surface area contributed by atoms with Gasteiger partial charge in [0.05, 0.1) is 22.7 Å². The monoisotopic (exact) mass is 485 g/mol. The Kier molecular flexibility index (Phi) is 6.99. The van der Waals surface area contributed by atoms with Crippen LogP contribution in [0.4, 0.5) is 5.69 Å².